The average Bonchev–Trinajstić information content (AvgIpc) is 3.22. The summed E-state index contributed by atoms with van der Waals surface area (Å²) < 4.78 is 0. The first kappa shape index (κ1) is 15.2. The maximum Gasteiger partial charge on any atom is 0.200 e. The minimum Gasteiger partial charge on any atom is -0.354 e. The first-order valence-electron chi connectivity index (χ1n) is 8.51. The molecule has 4 aromatic rings. The number of Topliss-reactive ketones (excluding diaryl/α,β-unsaturated/α-hetero) is 1. The zero-order valence-corrected chi connectivity index (χ0v) is 14.7. The van der Waals surface area contributed by atoms with Crippen LogP contribution in [0.15, 0.2) is 88.7 Å². The van der Waals surface area contributed by atoms with E-state index in [0.29, 0.717) is 0 Å². The second-order valence-electron chi connectivity index (χ2n) is 6.26. The van der Waals surface area contributed by atoms with Crippen LogP contribution in [0, 0.1) is 0 Å². The highest BCUT2D eigenvalue weighted by molar-refractivity contribution is 8.04. The Hall–Kier alpha value is -3.04. The van der Waals surface area contributed by atoms with E-state index in [4.69, 9.17) is 0 Å². The van der Waals surface area contributed by atoms with Crippen LogP contribution >= 0.6 is 11.8 Å². The van der Waals surface area contributed by atoms with Gasteiger partial charge in [-0.1, -0.05) is 72.4 Å². The van der Waals surface area contributed by atoms with Gasteiger partial charge in [0.25, 0.3) is 0 Å². The van der Waals surface area contributed by atoms with Crippen LogP contribution in [0.4, 0.5) is 0 Å². The van der Waals surface area contributed by atoms with Gasteiger partial charge in [0.2, 0.25) is 5.78 Å². The Kier molecular flexibility index (Phi) is 3.54. The molecular weight excluding hydrogens is 338 g/mol. The predicted molar refractivity (Wildman–Crippen MR) is 108 cm³/mol. The molecule has 3 heteroatoms. The molecular formula is C23H15NOS. The highest BCUT2D eigenvalue weighted by Crippen LogP contribution is 2.42. The van der Waals surface area contributed by atoms with Gasteiger partial charge in [0.05, 0.1) is 10.6 Å². The maximum atomic E-state index is 12.8. The number of ketones is 1. The van der Waals surface area contributed by atoms with E-state index in [2.05, 4.69) is 29.2 Å². The summed E-state index contributed by atoms with van der Waals surface area (Å²) in [6.07, 6.45) is 2.04. The molecule has 0 spiro atoms. The Labute approximate surface area is 155 Å². The van der Waals surface area contributed by atoms with Crippen LogP contribution in [0.25, 0.3) is 28.2 Å². The molecule has 2 heterocycles. The van der Waals surface area contributed by atoms with Gasteiger partial charge in [0.15, 0.2) is 0 Å². The molecule has 2 nitrogen and oxygen atoms in total. The summed E-state index contributed by atoms with van der Waals surface area (Å²) in [7, 11) is 0. The van der Waals surface area contributed by atoms with E-state index < -0.39 is 0 Å². The smallest absolute Gasteiger partial charge is 0.200 e. The summed E-state index contributed by atoms with van der Waals surface area (Å²) in [5, 5.41) is 1.13. The van der Waals surface area contributed by atoms with Crippen molar-refractivity contribution in [2.75, 3.05) is 0 Å². The largest absolute Gasteiger partial charge is 0.354 e. The van der Waals surface area contributed by atoms with Gasteiger partial charge in [-0.25, -0.2) is 0 Å². The molecule has 1 aliphatic rings. The van der Waals surface area contributed by atoms with Crippen LogP contribution in [0.1, 0.15) is 15.9 Å². The van der Waals surface area contributed by atoms with Crippen molar-refractivity contribution in [3.63, 3.8) is 0 Å². The monoisotopic (exact) mass is 353 g/mol. The number of thioether (sulfide) groups is 1. The van der Waals surface area contributed by atoms with Gasteiger partial charge in [-0.2, -0.15) is 0 Å². The molecule has 124 valence electrons. The fraction of sp³-hybridized carbons (Fsp3) is 0. The second-order valence-corrected chi connectivity index (χ2v) is 7.34. The quantitative estimate of drug-likeness (QED) is 0.437. The van der Waals surface area contributed by atoms with Crippen molar-refractivity contribution in [3.8, 4) is 11.3 Å². The first-order valence-corrected chi connectivity index (χ1v) is 9.32. The summed E-state index contributed by atoms with van der Waals surface area (Å²) in [4.78, 5) is 18.1. The zero-order chi connectivity index (χ0) is 17.5. The lowest BCUT2D eigenvalue weighted by Gasteiger charge is -2.02. The van der Waals surface area contributed by atoms with E-state index in [-0.39, 0.29) is 5.78 Å². The summed E-state index contributed by atoms with van der Waals surface area (Å²) in [5.74, 6) is 0.106. The number of hydrogen-bond acceptors (Lipinski definition) is 2. The van der Waals surface area contributed by atoms with Crippen LogP contribution in [0.2, 0.25) is 0 Å². The molecule has 0 aliphatic carbocycles. The first-order chi connectivity index (χ1) is 12.8. The van der Waals surface area contributed by atoms with Crippen LogP contribution in [0.5, 0.6) is 0 Å². The number of carbonyl (C=O) groups excluding carboxylic acids is 1. The molecule has 3 aromatic carbocycles. The van der Waals surface area contributed by atoms with Gasteiger partial charge in [0.1, 0.15) is 0 Å². The van der Waals surface area contributed by atoms with Gasteiger partial charge < -0.3 is 4.98 Å². The minimum atomic E-state index is 0.106. The summed E-state index contributed by atoms with van der Waals surface area (Å²) in [5.41, 5.74) is 5.10. The number of aromatic amines is 1. The van der Waals surface area contributed by atoms with Crippen molar-refractivity contribution in [2.45, 2.75) is 4.90 Å². The summed E-state index contributed by atoms with van der Waals surface area (Å²) >= 11 is 1.55. The third kappa shape index (κ3) is 2.40. The van der Waals surface area contributed by atoms with Crippen LogP contribution in [0.3, 0.4) is 0 Å². The molecule has 1 aliphatic heterocycles. The Bertz CT molecular complexity index is 1170. The molecule has 0 atom stereocenters. The molecule has 5 rings (SSSR count). The van der Waals surface area contributed by atoms with Crippen molar-refractivity contribution >= 4 is 34.5 Å². The van der Waals surface area contributed by atoms with Gasteiger partial charge in [-0.15, -0.1) is 0 Å². The highest BCUT2D eigenvalue weighted by atomic mass is 32.2. The Morgan fingerprint density at radius 2 is 1.54 bits per heavy atom. The van der Waals surface area contributed by atoms with Crippen molar-refractivity contribution in [1.29, 1.82) is 0 Å². The van der Waals surface area contributed by atoms with E-state index in [1.807, 2.05) is 60.7 Å². The number of rotatable bonds is 2. The van der Waals surface area contributed by atoms with Gasteiger partial charge in [-0.3, -0.25) is 4.79 Å². The number of hydrogen-bond donors (Lipinski definition) is 1. The molecule has 0 fully saturated rings. The molecule has 26 heavy (non-hydrogen) atoms. The maximum absolute atomic E-state index is 12.8. The number of benzene rings is 3. The molecule has 0 unspecified atom stereocenters. The number of carbonyl (C=O) groups is 1. The molecule has 1 aromatic heterocycles. The van der Waals surface area contributed by atoms with E-state index in [1.165, 1.54) is 0 Å². The number of H-pyrrole nitrogens is 1. The lowest BCUT2D eigenvalue weighted by atomic mass is 10.0. The van der Waals surface area contributed by atoms with Crippen LogP contribution in [-0.4, -0.2) is 10.8 Å². The molecule has 0 amide bonds. The second kappa shape index (κ2) is 6.04. The lowest BCUT2D eigenvalue weighted by molar-refractivity contribution is 0.104. The minimum absolute atomic E-state index is 0.106. The standard InChI is InChI=1S/C23H15NOS/c25-23-17-11-5-7-13-20(17)26-21(23)14-18-16-10-4-6-12-19(16)24-22(18)15-8-2-1-3-9-15/h1-14,24H/b21-14-. The molecule has 0 saturated heterocycles. The number of fused-ring (bicyclic) bond motifs is 2. The average molecular weight is 353 g/mol. The normalized spacial score (nSPS) is 14.9. The van der Waals surface area contributed by atoms with E-state index in [9.17, 15) is 4.79 Å². The van der Waals surface area contributed by atoms with Gasteiger partial charge in [0, 0.05) is 26.9 Å². The number of para-hydroxylation sites is 1. The van der Waals surface area contributed by atoms with Crippen molar-refractivity contribution in [1.82, 2.24) is 4.98 Å². The molecule has 0 radical (unpaired) electrons. The van der Waals surface area contributed by atoms with Crippen LogP contribution in [-0.2, 0) is 0 Å². The Morgan fingerprint density at radius 1 is 0.808 bits per heavy atom. The van der Waals surface area contributed by atoms with Crippen molar-refractivity contribution in [3.05, 3.63) is 94.9 Å². The van der Waals surface area contributed by atoms with Crippen molar-refractivity contribution in [2.24, 2.45) is 0 Å². The lowest BCUT2D eigenvalue weighted by Crippen LogP contribution is -1.93. The Balaban J connectivity index is 1.71. The topological polar surface area (TPSA) is 32.9 Å². The SMILES string of the molecule is O=C1/C(=C/c2c(-c3ccccc3)[nH]c3ccccc23)Sc2ccccc21. The Morgan fingerprint density at radius 3 is 2.38 bits per heavy atom. The third-order valence-corrected chi connectivity index (χ3v) is 5.76. The molecule has 0 bridgehead atoms. The zero-order valence-electron chi connectivity index (χ0n) is 13.9. The van der Waals surface area contributed by atoms with Gasteiger partial charge >= 0.3 is 0 Å². The molecule has 0 saturated carbocycles. The summed E-state index contributed by atoms with van der Waals surface area (Å²) in [6, 6.07) is 26.3. The fourth-order valence-electron chi connectivity index (χ4n) is 3.41. The fourth-order valence-corrected chi connectivity index (χ4v) is 4.45. The van der Waals surface area contributed by atoms with Crippen LogP contribution < -0.4 is 0 Å². The predicted octanol–water partition coefficient (Wildman–Crippen LogP) is 6.16. The summed E-state index contributed by atoms with van der Waals surface area (Å²) in [6.45, 7) is 0. The van der Waals surface area contributed by atoms with E-state index >= 15 is 0 Å². The van der Waals surface area contributed by atoms with Gasteiger partial charge in [-0.05, 0) is 29.8 Å². The van der Waals surface area contributed by atoms with E-state index in [1.54, 1.807) is 11.8 Å². The number of nitrogens with one attached hydrogen (secondary N) is 1. The van der Waals surface area contributed by atoms with E-state index in [0.717, 1.165) is 43.1 Å². The number of allylic oxidation sites excluding steroid dienone is 1. The highest BCUT2D eigenvalue weighted by Gasteiger charge is 2.26. The number of aromatic nitrogens is 1. The van der Waals surface area contributed by atoms with Crippen molar-refractivity contribution < 1.29 is 4.79 Å². The molecule has 1 N–H and O–H groups in total. The third-order valence-electron chi connectivity index (χ3n) is 4.66.